The van der Waals surface area contributed by atoms with Crippen LogP contribution in [0.3, 0.4) is 0 Å². The lowest BCUT2D eigenvalue weighted by molar-refractivity contribution is -0.121. The fourth-order valence-corrected chi connectivity index (χ4v) is 1.27. The van der Waals surface area contributed by atoms with Gasteiger partial charge in [0.15, 0.2) is 0 Å². The fourth-order valence-electron chi connectivity index (χ4n) is 1.27. The van der Waals surface area contributed by atoms with Crippen molar-refractivity contribution in [3.8, 4) is 0 Å². The van der Waals surface area contributed by atoms with Crippen LogP contribution in [0.1, 0.15) is 24.5 Å². The van der Waals surface area contributed by atoms with Gasteiger partial charge in [-0.1, -0.05) is 29.8 Å². The summed E-state index contributed by atoms with van der Waals surface area (Å²) in [4.78, 5) is 11.3. The maximum atomic E-state index is 11.3. The van der Waals surface area contributed by atoms with E-state index in [1.165, 1.54) is 5.56 Å². The van der Waals surface area contributed by atoms with E-state index < -0.39 is 0 Å². The number of carbonyl (C=O) groups excluding carboxylic acids is 1. The Morgan fingerprint density at radius 3 is 2.53 bits per heavy atom. The molecule has 0 aliphatic heterocycles. The molecule has 1 rings (SSSR count). The summed E-state index contributed by atoms with van der Waals surface area (Å²) in [5.74, 6) is 0.00516. The van der Waals surface area contributed by atoms with Crippen LogP contribution in [0.25, 0.3) is 0 Å². The Hall–Kier alpha value is -1.35. The van der Waals surface area contributed by atoms with Crippen LogP contribution < -0.4 is 11.1 Å². The Morgan fingerprint density at radius 2 is 2.00 bits per heavy atom. The molecule has 1 aromatic rings. The Labute approximate surface area is 90.7 Å². The first-order chi connectivity index (χ1) is 7.08. The van der Waals surface area contributed by atoms with Crippen molar-refractivity contribution in [2.24, 2.45) is 5.73 Å². The first-order valence-corrected chi connectivity index (χ1v) is 5.16. The normalized spacial score (nSPS) is 12.2. The predicted octanol–water partition coefficient (Wildman–Crippen LogP) is 1.35. The summed E-state index contributed by atoms with van der Waals surface area (Å²) in [7, 11) is 0. The number of aryl methyl sites for hydroxylation is 1. The predicted molar refractivity (Wildman–Crippen MR) is 61.3 cm³/mol. The SMILES string of the molecule is Cc1ccc(CNC(=O)CC(C)N)cc1. The summed E-state index contributed by atoms with van der Waals surface area (Å²) >= 11 is 0. The van der Waals surface area contributed by atoms with Crippen molar-refractivity contribution >= 4 is 5.91 Å². The molecule has 0 saturated heterocycles. The highest BCUT2D eigenvalue weighted by Gasteiger charge is 2.03. The van der Waals surface area contributed by atoms with Gasteiger partial charge in [0.2, 0.25) is 5.91 Å². The molecule has 0 heterocycles. The van der Waals surface area contributed by atoms with Gasteiger partial charge in [-0.2, -0.15) is 0 Å². The second-order valence-electron chi connectivity index (χ2n) is 3.94. The lowest BCUT2D eigenvalue weighted by Crippen LogP contribution is -2.29. The zero-order valence-electron chi connectivity index (χ0n) is 9.29. The van der Waals surface area contributed by atoms with Crippen LogP contribution in [-0.2, 0) is 11.3 Å². The lowest BCUT2D eigenvalue weighted by Gasteiger charge is -2.07. The van der Waals surface area contributed by atoms with Crippen LogP contribution in [0.4, 0.5) is 0 Å². The summed E-state index contributed by atoms with van der Waals surface area (Å²) < 4.78 is 0. The second-order valence-corrected chi connectivity index (χ2v) is 3.94. The fraction of sp³-hybridized carbons (Fsp3) is 0.417. The van der Waals surface area contributed by atoms with Crippen LogP contribution in [-0.4, -0.2) is 11.9 Å². The summed E-state index contributed by atoms with van der Waals surface area (Å²) in [6.07, 6.45) is 0.381. The van der Waals surface area contributed by atoms with E-state index in [-0.39, 0.29) is 11.9 Å². The molecule has 82 valence electrons. The van der Waals surface area contributed by atoms with Crippen molar-refractivity contribution in [1.82, 2.24) is 5.32 Å². The quantitative estimate of drug-likeness (QED) is 0.781. The molecule has 0 fully saturated rings. The molecule has 0 aliphatic carbocycles. The van der Waals surface area contributed by atoms with Gasteiger partial charge in [0, 0.05) is 19.0 Å². The largest absolute Gasteiger partial charge is 0.352 e. The molecule has 3 nitrogen and oxygen atoms in total. The Bertz CT molecular complexity index is 317. The van der Waals surface area contributed by atoms with Gasteiger partial charge in [0.25, 0.3) is 0 Å². The van der Waals surface area contributed by atoms with Crippen molar-refractivity contribution < 1.29 is 4.79 Å². The van der Waals surface area contributed by atoms with Crippen molar-refractivity contribution in [1.29, 1.82) is 0 Å². The Morgan fingerprint density at radius 1 is 1.40 bits per heavy atom. The summed E-state index contributed by atoms with van der Waals surface area (Å²) in [6.45, 7) is 4.44. The van der Waals surface area contributed by atoms with Gasteiger partial charge in [-0.15, -0.1) is 0 Å². The summed E-state index contributed by atoms with van der Waals surface area (Å²) in [5.41, 5.74) is 7.85. The van der Waals surface area contributed by atoms with E-state index in [0.717, 1.165) is 5.56 Å². The summed E-state index contributed by atoms with van der Waals surface area (Å²) in [5, 5.41) is 2.83. The van der Waals surface area contributed by atoms with Crippen molar-refractivity contribution in [2.45, 2.75) is 32.9 Å². The molecular weight excluding hydrogens is 188 g/mol. The smallest absolute Gasteiger partial charge is 0.221 e. The third kappa shape index (κ3) is 4.61. The molecule has 0 radical (unpaired) electrons. The highest BCUT2D eigenvalue weighted by molar-refractivity contribution is 5.76. The average molecular weight is 206 g/mol. The second kappa shape index (κ2) is 5.51. The zero-order chi connectivity index (χ0) is 11.3. The molecule has 0 saturated carbocycles. The minimum atomic E-state index is -0.0805. The maximum absolute atomic E-state index is 11.3. The first-order valence-electron chi connectivity index (χ1n) is 5.16. The molecule has 0 aliphatic rings. The molecule has 1 amide bonds. The molecule has 1 aromatic carbocycles. The molecule has 0 aromatic heterocycles. The van der Waals surface area contributed by atoms with Gasteiger partial charge in [0.05, 0.1) is 0 Å². The first kappa shape index (κ1) is 11.7. The average Bonchev–Trinajstić information content (AvgIpc) is 2.16. The number of carbonyl (C=O) groups is 1. The highest BCUT2D eigenvalue weighted by atomic mass is 16.1. The number of benzene rings is 1. The molecule has 3 N–H and O–H groups in total. The van der Waals surface area contributed by atoms with E-state index in [1.54, 1.807) is 0 Å². The third-order valence-corrected chi connectivity index (χ3v) is 2.12. The molecule has 15 heavy (non-hydrogen) atoms. The van der Waals surface area contributed by atoms with E-state index in [2.05, 4.69) is 5.32 Å². The molecule has 0 spiro atoms. The van der Waals surface area contributed by atoms with Gasteiger partial charge < -0.3 is 11.1 Å². The maximum Gasteiger partial charge on any atom is 0.221 e. The number of amides is 1. The number of nitrogens with one attached hydrogen (secondary N) is 1. The van der Waals surface area contributed by atoms with Gasteiger partial charge in [-0.25, -0.2) is 0 Å². The Kier molecular flexibility index (Phi) is 4.31. The molecule has 0 bridgehead atoms. The monoisotopic (exact) mass is 206 g/mol. The van der Waals surface area contributed by atoms with Crippen LogP contribution in [0.2, 0.25) is 0 Å². The van der Waals surface area contributed by atoms with E-state index >= 15 is 0 Å². The highest BCUT2D eigenvalue weighted by Crippen LogP contribution is 2.02. The van der Waals surface area contributed by atoms with Crippen LogP contribution >= 0.6 is 0 Å². The number of hydrogen-bond acceptors (Lipinski definition) is 2. The third-order valence-electron chi connectivity index (χ3n) is 2.12. The van der Waals surface area contributed by atoms with Gasteiger partial charge in [-0.05, 0) is 19.4 Å². The minimum Gasteiger partial charge on any atom is -0.352 e. The van der Waals surface area contributed by atoms with E-state index in [9.17, 15) is 4.79 Å². The van der Waals surface area contributed by atoms with E-state index in [4.69, 9.17) is 5.73 Å². The van der Waals surface area contributed by atoms with Gasteiger partial charge in [-0.3, -0.25) is 4.79 Å². The molecular formula is C12H18N2O. The number of rotatable bonds is 4. The van der Waals surface area contributed by atoms with Gasteiger partial charge in [0.1, 0.15) is 0 Å². The molecule has 1 atom stereocenters. The van der Waals surface area contributed by atoms with Crippen LogP contribution in [0.15, 0.2) is 24.3 Å². The molecule has 3 heteroatoms. The summed E-state index contributed by atoms with van der Waals surface area (Å²) in [6, 6.07) is 8.02. The number of hydrogen-bond donors (Lipinski definition) is 2. The van der Waals surface area contributed by atoms with Crippen molar-refractivity contribution in [3.63, 3.8) is 0 Å². The Balaban J connectivity index is 2.37. The minimum absolute atomic E-state index is 0.00516. The van der Waals surface area contributed by atoms with Crippen LogP contribution in [0.5, 0.6) is 0 Å². The van der Waals surface area contributed by atoms with Crippen LogP contribution in [0, 0.1) is 6.92 Å². The molecule has 1 unspecified atom stereocenters. The van der Waals surface area contributed by atoms with E-state index in [0.29, 0.717) is 13.0 Å². The topological polar surface area (TPSA) is 55.1 Å². The number of nitrogens with two attached hydrogens (primary N) is 1. The zero-order valence-corrected chi connectivity index (χ0v) is 9.29. The van der Waals surface area contributed by atoms with Crippen molar-refractivity contribution in [3.05, 3.63) is 35.4 Å². The van der Waals surface area contributed by atoms with E-state index in [1.807, 2.05) is 38.1 Å². The van der Waals surface area contributed by atoms with Gasteiger partial charge >= 0.3 is 0 Å². The standard InChI is InChI=1S/C12H18N2O/c1-9-3-5-11(6-4-9)8-14-12(15)7-10(2)13/h3-6,10H,7-8,13H2,1-2H3,(H,14,15). The lowest BCUT2D eigenvalue weighted by atomic mass is 10.1. The van der Waals surface area contributed by atoms with Crippen molar-refractivity contribution in [2.75, 3.05) is 0 Å².